The molecule has 0 aromatic heterocycles. The van der Waals surface area contributed by atoms with E-state index in [4.69, 9.17) is 14.7 Å². The zero-order chi connectivity index (χ0) is 17.2. The predicted molar refractivity (Wildman–Crippen MR) is 90.3 cm³/mol. The maximum atomic E-state index is 12.2. The number of amides is 1. The average Bonchev–Trinajstić information content (AvgIpc) is 2.85. The molecule has 1 aromatic rings. The molecule has 0 N–H and O–H groups in total. The SMILES string of the molecule is COCCOCC(=O)N1CCCN(Cc2ccc(C#N)cc2)CC1. The Morgan fingerprint density at radius 3 is 2.67 bits per heavy atom. The third-order valence-electron chi connectivity index (χ3n) is 4.09. The Hall–Kier alpha value is -1.94. The number of carbonyl (C=O) groups excluding carboxylic acids is 1. The average molecular weight is 331 g/mol. The highest BCUT2D eigenvalue weighted by molar-refractivity contribution is 5.77. The largest absolute Gasteiger partial charge is 0.382 e. The van der Waals surface area contributed by atoms with Gasteiger partial charge >= 0.3 is 0 Å². The number of benzene rings is 1. The summed E-state index contributed by atoms with van der Waals surface area (Å²) in [6.07, 6.45) is 0.958. The molecule has 6 nitrogen and oxygen atoms in total. The number of rotatable bonds is 7. The van der Waals surface area contributed by atoms with Crippen molar-refractivity contribution in [2.24, 2.45) is 0 Å². The molecule has 24 heavy (non-hydrogen) atoms. The molecule has 0 aliphatic carbocycles. The van der Waals surface area contributed by atoms with Gasteiger partial charge in [0.25, 0.3) is 0 Å². The first-order chi connectivity index (χ1) is 11.7. The smallest absolute Gasteiger partial charge is 0.248 e. The summed E-state index contributed by atoms with van der Waals surface area (Å²) in [6, 6.07) is 9.82. The Morgan fingerprint density at radius 2 is 1.96 bits per heavy atom. The second-order valence-electron chi connectivity index (χ2n) is 5.86. The Balaban J connectivity index is 1.77. The highest BCUT2D eigenvalue weighted by Gasteiger charge is 2.19. The quantitative estimate of drug-likeness (QED) is 0.704. The third kappa shape index (κ3) is 5.93. The van der Waals surface area contributed by atoms with Gasteiger partial charge in [0.15, 0.2) is 0 Å². The first-order valence-electron chi connectivity index (χ1n) is 8.29. The van der Waals surface area contributed by atoms with Gasteiger partial charge in [-0.2, -0.15) is 5.26 Å². The molecule has 1 amide bonds. The number of hydrogen-bond donors (Lipinski definition) is 0. The van der Waals surface area contributed by atoms with Crippen LogP contribution in [0, 0.1) is 11.3 Å². The van der Waals surface area contributed by atoms with E-state index in [2.05, 4.69) is 11.0 Å². The van der Waals surface area contributed by atoms with Gasteiger partial charge in [-0.15, -0.1) is 0 Å². The highest BCUT2D eigenvalue weighted by atomic mass is 16.5. The van der Waals surface area contributed by atoms with Crippen molar-refractivity contribution in [2.45, 2.75) is 13.0 Å². The Kier molecular flexibility index (Phi) is 7.69. The molecule has 1 saturated heterocycles. The van der Waals surface area contributed by atoms with E-state index in [0.717, 1.165) is 39.1 Å². The fraction of sp³-hybridized carbons (Fsp3) is 0.556. The Labute approximate surface area is 143 Å². The molecule has 0 radical (unpaired) electrons. The summed E-state index contributed by atoms with van der Waals surface area (Å²) < 4.78 is 10.2. The third-order valence-corrected chi connectivity index (χ3v) is 4.09. The number of nitriles is 1. The first-order valence-corrected chi connectivity index (χ1v) is 8.29. The molecule has 1 aliphatic heterocycles. The minimum Gasteiger partial charge on any atom is -0.382 e. The van der Waals surface area contributed by atoms with Crippen molar-refractivity contribution >= 4 is 5.91 Å². The second kappa shape index (κ2) is 10.0. The van der Waals surface area contributed by atoms with Gasteiger partial charge in [0, 0.05) is 39.8 Å². The van der Waals surface area contributed by atoms with E-state index in [1.54, 1.807) is 7.11 Å². The van der Waals surface area contributed by atoms with Gasteiger partial charge in [-0.3, -0.25) is 9.69 Å². The standard InChI is InChI=1S/C18H25N3O3/c1-23-11-12-24-15-18(22)21-8-2-7-20(9-10-21)14-17-5-3-16(13-19)4-6-17/h3-6H,2,7-12,14-15H2,1H3. The molecule has 0 spiro atoms. The van der Waals surface area contributed by atoms with Crippen molar-refractivity contribution in [3.8, 4) is 6.07 Å². The van der Waals surface area contributed by atoms with Crippen LogP contribution in [0.15, 0.2) is 24.3 Å². The van der Waals surface area contributed by atoms with Gasteiger partial charge in [0.05, 0.1) is 24.8 Å². The molecular formula is C18H25N3O3. The van der Waals surface area contributed by atoms with Gasteiger partial charge in [-0.1, -0.05) is 12.1 Å². The van der Waals surface area contributed by atoms with E-state index in [9.17, 15) is 4.79 Å². The van der Waals surface area contributed by atoms with Crippen molar-refractivity contribution in [3.63, 3.8) is 0 Å². The number of methoxy groups -OCH3 is 1. The van der Waals surface area contributed by atoms with Crippen molar-refractivity contribution in [1.82, 2.24) is 9.80 Å². The highest BCUT2D eigenvalue weighted by Crippen LogP contribution is 2.10. The van der Waals surface area contributed by atoms with E-state index in [1.165, 1.54) is 5.56 Å². The lowest BCUT2D eigenvalue weighted by molar-refractivity contribution is -0.136. The van der Waals surface area contributed by atoms with Crippen LogP contribution < -0.4 is 0 Å². The number of carbonyl (C=O) groups is 1. The van der Waals surface area contributed by atoms with Crippen LogP contribution in [0.25, 0.3) is 0 Å². The van der Waals surface area contributed by atoms with Gasteiger partial charge in [-0.25, -0.2) is 0 Å². The molecule has 130 valence electrons. The molecule has 2 rings (SSSR count). The summed E-state index contributed by atoms with van der Waals surface area (Å²) in [5.74, 6) is 0.0475. The van der Waals surface area contributed by atoms with Crippen molar-refractivity contribution in [3.05, 3.63) is 35.4 Å². The molecule has 1 aliphatic rings. The molecule has 0 atom stereocenters. The molecule has 0 saturated carbocycles. The van der Waals surface area contributed by atoms with Gasteiger partial charge in [-0.05, 0) is 24.1 Å². The van der Waals surface area contributed by atoms with Crippen LogP contribution in [0.2, 0.25) is 0 Å². The van der Waals surface area contributed by atoms with Gasteiger partial charge in [0.1, 0.15) is 6.61 Å². The normalized spacial score (nSPS) is 15.8. The van der Waals surface area contributed by atoms with Crippen LogP contribution in [0.4, 0.5) is 0 Å². The number of ether oxygens (including phenoxy) is 2. The van der Waals surface area contributed by atoms with Crippen LogP contribution >= 0.6 is 0 Å². The summed E-state index contributed by atoms with van der Waals surface area (Å²) in [7, 11) is 1.61. The lowest BCUT2D eigenvalue weighted by Gasteiger charge is -2.22. The summed E-state index contributed by atoms with van der Waals surface area (Å²) in [6.45, 7) is 5.24. The maximum absolute atomic E-state index is 12.2. The maximum Gasteiger partial charge on any atom is 0.248 e. The van der Waals surface area contributed by atoms with E-state index in [0.29, 0.717) is 18.8 Å². The van der Waals surface area contributed by atoms with E-state index < -0.39 is 0 Å². The van der Waals surface area contributed by atoms with Crippen LogP contribution in [0.1, 0.15) is 17.5 Å². The fourth-order valence-electron chi connectivity index (χ4n) is 2.71. The summed E-state index contributed by atoms with van der Waals surface area (Å²) >= 11 is 0. The molecule has 1 aromatic carbocycles. The molecular weight excluding hydrogens is 306 g/mol. The minimum absolute atomic E-state index is 0.0475. The van der Waals surface area contributed by atoms with Gasteiger partial charge in [0.2, 0.25) is 5.91 Å². The first kappa shape index (κ1) is 18.4. The van der Waals surface area contributed by atoms with Crippen LogP contribution in [0.3, 0.4) is 0 Å². The molecule has 6 heteroatoms. The molecule has 0 bridgehead atoms. The van der Waals surface area contributed by atoms with Crippen molar-refractivity contribution in [1.29, 1.82) is 5.26 Å². The number of nitrogens with zero attached hydrogens (tertiary/aromatic N) is 3. The zero-order valence-corrected chi connectivity index (χ0v) is 14.2. The molecule has 1 fully saturated rings. The summed E-state index contributed by atoms with van der Waals surface area (Å²) in [5.41, 5.74) is 1.87. The molecule has 1 heterocycles. The van der Waals surface area contributed by atoms with E-state index >= 15 is 0 Å². The van der Waals surface area contributed by atoms with Crippen molar-refractivity contribution < 1.29 is 14.3 Å². The van der Waals surface area contributed by atoms with Crippen LogP contribution in [-0.2, 0) is 20.8 Å². The predicted octanol–water partition coefficient (Wildman–Crippen LogP) is 1.26. The Morgan fingerprint density at radius 1 is 1.17 bits per heavy atom. The lowest BCUT2D eigenvalue weighted by Crippen LogP contribution is -2.37. The van der Waals surface area contributed by atoms with Crippen LogP contribution in [0.5, 0.6) is 0 Å². The summed E-state index contributed by atoms with van der Waals surface area (Å²) in [5, 5.41) is 8.84. The van der Waals surface area contributed by atoms with Crippen molar-refractivity contribution in [2.75, 3.05) is 53.1 Å². The monoisotopic (exact) mass is 331 g/mol. The topological polar surface area (TPSA) is 65.8 Å². The Bertz CT molecular complexity index is 554. The van der Waals surface area contributed by atoms with Crippen LogP contribution in [-0.4, -0.2) is 68.8 Å². The summed E-state index contributed by atoms with van der Waals surface area (Å²) in [4.78, 5) is 16.4. The van der Waals surface area contributed by atoms with Gasteiger partial charge < -0.3 is 14.4 Å². The molecule has 0 unspecified atom stereocenters. The zero-order valence-electron chi connectivity index (χ0n) is 14.2. The minimum atomic E-state index is 0.0475. The fourth-order valence-corrected chi connectivity index (χ4v) is 2.71. The second-order valence-corrected chi connectivity index (χ2v) is 5.86. The van der Waals surface area contributed by atoms with E-state index in [1.807, 2.05) is 29.2 Å². The number of hydrogen-bond acceptors (Lipinski definition) is 5. The van der Waals surface area contributed by atoms with E-state index in [-0.39, 0.29) is 12.5 Å². The lowest BCUT2D eigenvalue weighted by atomic mass is 10.1.